The van der Waals surface area contributed by atoms with Gasteiger partial charge in [0.15, 0.2) is 0 Å². The Morgan fingerprint density at radius 2 is 2.25 bits per heavy atom. The van der Waals surface area contributed by atoms with E-state index in [0.717, 1.165) is 11.3 Å². The van der Waals surface area contributed by atoms with Gasteiger partial charge in [0.1, 0.15) is 11.6 Å². The van der Waals surface area contributed by atoms with Crippen molar-refractivity contribution in [3.63, 3.8) is 0 Å². The highest BCUT2D eigenvalue weighted by Gasteiger charge is 2.17. The van der Waals surface area contributed by atoms with Crippen LogP contribution in [0.1, 0.15) is 24.4 Å². The first-order valence-electron chi connectivity index (χ1n) is 6.45. The summed E-state index contributed by atoms with van der Waals surface area (Å²) < 4.78 is 15.5. The lowest BCUT2D eigenvalue weighted by atomic mass is 10.1. The average Bonchev–Trinajstić information content (AvgIpc) is 3.05. The van der Waals surface area contributed by atoms with Gasteiger partial charge >= 0.3 is 0 Å². The molecule has 0 spiro atoms. The van der Waals surface area contributed by atoms with E-state index < -0.39 is 0 Å². The van der Waals surface area contributed by atoms with Crippen molar-refractivity contribution >= 4 is 34.0 Å². The highest BCUT2D eigenvalue weighted by molar-refractivity contribution is 7.07. The molecule has 0 saturated carbocycles. The van der Waals surface area contributed by atoms with Gasteiger partial charge in [-0.2, -0.15) is 11.3 Å². The van der Waals surface area contributed by atoms with Gasteiger partial charge in [-0.15, -0.1) is 11.6 Å². The first-order valence-corrected chi connectivity index (χ1v) is 7.93. The Balaban J connectivity index is 2.18. The number of hydrogen-bond donors (Lipinski definition) is 0. The van der Waals surface area contributed by atoms with Gasteiger partial charge < -0.3 is 4.57 Å². The fourth-order valence-electron chi connectivity index (χ4n) is 2.48. The molecule has 3 aromatic rings. The minimum absolute atomic E-state index is 0.162. The molecular formula is C15H14ClFN2S. The van der Waals surface area contributed by atoms with Crippen LogP contribution in [0.4, 0.5) is 4.39 Å². The molecule has 5 heteroatoms. The second-order valence-corrected chi connectivity index (χ2v) is 5.86. The van der Waals surface area contributed by atoms with Crippen molar-refractivity contribution in [3.05, 3.63) is 52.2 Å². The van der Waals surface area contributed by atoms with Crippen LogP contribution < -0.4 is 0 Å². The number of aryl methyl sites for hydroxylation is 1. The molecule has 1 unspecified atom stereocenters. The summed E-state index contributed by atoms with van der Waals surface area (Å²) in [5.74, 6) is 1.14. The van der Waals surface area contributed by atoms with Crippen LogP contribution in [0.3, 0.4) is 0 Å². The molecule has 0 aliphatic rings. The molecule has 0 radical (unpaired) electrons. The molecule has 1 aromatic carbocycles. The van der Waals surface area contributed by atoms with E-state index in [9.17, 15) is 4.39 Å². The molecule has 0 N–H and O–H groups in total. The fraction of sp³-hybridized carbons (Fsp3) is 0.267. The standard InChI is InChI=1S/C15H14ClFN2S/c1-10(11-5-7-20-9-11)19-14-3-2-12(17)8-13(14)18-15(19)4-6-16/h2-3,5,7-10H,4,6H2,1H3. The van der Waals surface area contributed by atoms with Crippen molar-refractivity contribution in [2.24, 2.45) is 0 Å². The summed E-state index contributed by atoms with van der Waals surface area (Å²) in [7, 11) is 0. The topological polar surface area (TPSA) is 17.8 Å². The molecule has 2 aromatic heterocycles. The van der Waals surface area contributed by atoms with Crippen LogP contribution in [0, 0.1) is 5.82 Å². The van der Waals surface area contributed by atoms with Gasteiger partial charge in [-0.1, -0.05) is 0 Å². The molecule has 20 heavy (non-hydrogen) atoms. The van der Waals surface area contributed by atoms with Crippen molar-refractivity contribution in [3.8, 4) is 0 Å². The van der Waals surface area contributed by atoms with Crippen molar-refractivity contribution in [1.29, 1.82) is 0 Å². The van der Waals surface area contributed by atoms with E-state index in [4.69, 9.17) is 11.6 Å². The maximum absolute atomic E-state index is 13.4. The number of thiophene rings is 1. The molecule has 3 rings (SSSR count). The predicted molar refractivity (Wildman–Crippen MR) is 82.2 cm³/mol. The van der Waals surface area contributed by atoms with Crippen LogP contribution >= 0.6 is 22.9 Å². The molecule has 0 amide bonds. The minimum atomic E-state index is -0.261. The van der Waals surface area contributed by atoms with Gasteiger partial charge in [-0.3, -0.25) is 0 Å². The van der Waals surface area contributed by atoms with Crippen LogP contribution in [0.5, 0.6) is 0 Å². The number of nitrogens with zero attached hydrogens (tertiary/aromatic N) is 2. The summed E-state index contributed by atoms with van der Waals surface area (Å²) >= 11 is 7.54. The fourth-order valence-corrected chi connectivity index (χ4v) is 3.39. The number of hydrogen-bond acceptors (Lipinski definition) is 2. The number of benzene rings is 1. The molecule has 2 nitrogen and oxygen atoms in total. The monoisotopic (exact) mass is 308 g/mol. The second kappa shape index (κ2) is 5.54. The summed E-state index contributed by atoms with van der Waals surface area (Å²) in [5.41, 5.74) is 2.87. The van der Waals surface area contributed by atoms with Crippen LogP contribution in [-0.2, 0) is 6.42 Å². The van der Waals surface area contributed by atoms with E-state index in [2.05, 4.69) is 33.3 Å². The van der Waals surface area contributed by atoms with E-state index in [0.29, 0.717) is 17.8 Å². The first kappa shape index (κ1) is 13.6. The summed E-state index contributed by atoms with van der Waals surface area (Å²) in [5, 5.41) is 4.19. The summed E-state index contributed by atoms with van der Waals surface area (Å²) in [6.07, 6.45) is 0.673. The predicted octanol–water partition coefficient (Wildman–Crippen LogP) is 4.63. The Labute approximate surface area is 125 Å². The van der Waals surface area contributed by atoms with Crippen molar-refractivity contribution < 1.29 is 4.39 Å². The third-order valence-electron chi connectivity index (χ3n) is 3.46. The molecule has 0 aliphatic carbocycles. The third-order valence-corrected chi connectivity index (χ3v) is 4.35. The van der Waals surface area contributed by atoms with Gasteiger partial charge in [0.25, 0.3) is 0 Å². The zero-order valence-electron chi connectivity index (χ0n) is 11.0. The van der Waals surface area contributed by atoms with Gasteiger partial charge in [0, 0.05) is 18.4 Å². The zero-order valence-corrected chi connectivity index (χ0v) is 12.6. The van der Waals surface area contributed by atoms with Crippen molar-refractivity contribution in [2.75, 3.05) is 5.88 Å². The van der Waals surface area contributed by atoms with Crippen LogP contribution in [-0.4, -0.2) is 15.4 Å². The number of rotatable bonds is 4. The van der Waals surface area contributed by atoms with Gasteiger partial charge in [-0.25, -0.2) is 9.37 Å². The molecule has 0 aliphatic heterocycles. The van der Waals surface area contributed by atoms with Crippen molar-refractivity contribution in [1.82, 2.24) is 9.55 Å². The largest absolute Gasteiger partial charge is 0.321 e. The maximum atomic E-state index is 13.4. The van der Waals surface area contributed by atoms with Crippen LogP contribution in [0.2, 0.25) is 0 Å². The van der Waals surface area contributed by atoms with E-state index >= 15 is 0 Å². The maximum Gasteiger partial charge on any atom is 0.125 e. The average molecular weight is 309 g/mol. The molecule has 104 valence electrons. The Kier molecular flexibility index (Phi) is 3.76. The Hall–Kier alpha value is -1.39. The quantitative estimate of drug-likeness (QED) is 0.643. The number of imidazole rings is 1. The smallest absolute Gasteiger partial charge is 0.125 e. The lowest BCUT2D eigenvalue weighted by molar-refractivity contribution is 0.622. The number of alkyl halides is 1. The molecule has 1 atom stereocenters. The van der Waals surface area contributed by atoms with Crippen LogP contribution in [0.25, 0.3) is 11.0 Å². The molecule has 0 fully saturated rings. The van der Waals surface area contributed by atoms with Gasteiger partial charge in [0.05, 0.1) is 17.1 Å². The van der Waals surface area contributed by atoms with Gasteiger partial charge in [-0.05, 0) is 41.4 Å². The molecular weight excluding hydrogens is 295 g/mol. The lowest BCUT2D eigenvalue weighted by Crippen LogP contribution is -2.10. The zero-order chi connectivity index (χ0) is 14.1. The normalized spacial score (nSPS) is 12.9. The lowest BCUT2D eigenvalue weighted by Gasteiger charge is -2.16. The van der Waals surface area contributed by atoms with E-state index in [1.165, 1.54) is 17.7 Å². The molecule has 0 saturated heterocycles. The first-order chi connectivity index (χ1) is 9.70. The Morgan fingerprint density at radius 3 is 2.95 bits per heavy atom. The SMILES string of the molecule is CC(c1ccsc1)n1c(CCCl)nc2cc(F)ccc21. The summed E-state index contributed by atoms with van der Waals surface area (Å²) in [6, 6.07) is 7.01. The number of aromatic nitrogens is 2. The third kappa shape index (κ3) is 2.34. The molecule has 0 bridgehead atoms. The van der Waals surface area contributed by atoms with Crippen molar-refractivity contribution in [2.45, 2.75) is 19.4 Å². The highest BCUT2D eigenvalue weighted by Crippen LogP contribution is 2.28. The van der Waals surface area contributed by atoms with E-state index in [1.807, 2.05) is 0 Å². The van der Waals surface area contributed by atoms with E-state index in [1.54, 1.807) is 17.4 Å². The Morgan fingerprint density at radius 1 is 1.40 bits per heavy atom. The molecule has 2 heterocycles. The van der Waals surface area contributed by atoms with Crippen LogP contribution in [0.15, 0.2) is 35.0 Å². The second-order valence-electron chi connectivity index (χ2n) is 4.70. The number of halogens is 2. The van der Waals surface area contributed by atoms with E-state index in [-0.39, 0.29) is 11.9 Å². The number of fused-ring (bicyclic) bond motifs is 1. The summed E-state index contributed by atoms with van der Waals surface area (Å²) in [6.45, 7) is 2.13. The Bertz CT molecular complexity index is 721. The van der Waals surface area contributed by atoms with Gasteiger partial charge in [0.2, 0.25) is 0 Å². The highest BCUT2D eigenvalue weighted by atomic mass is 35.5. The summed E-state index contributed by atoms with van der Waals surface area (Å²) in [4.78, 5) is 4.54. The minimum Gasteiger partial charge on any atom is -0.321 e.